The maximum atomic E-state index is 5.79. The highest BCUT2D eigenvalue weighted by molar-refractivity contribution is 8.05. The van der Waals surface area contributed by atoms with Crippen LogP contribution in [-0.4, -0.2) is 9.97 Å². The average molecular weight is 473 g/mol. The molecule has 0 amide bonds. The first kappa shape index (κ1) is 19.6. The first-order valence-electron chi connectivity index (χ1n) is 9.93. The Balaban J connectivity index is 1.41. The third kappa shape index (κ3) is 3.32. The van der Waals surface area contributed by atoms with E-state index in [1.807, 2.05) is 29.6 Å². The zero-order valence-electron chi connectivity index (χ0n) is 16.8. The third-order valence-electron chi connectivity index (χ3n) is 5.31. The predicted octanol–water partition coefficient (Wildman–Crippen LogP) is 6.52. The molecule has 5 aromatic rings. The number of nitrogen functional groups attached to an aromatic ring is 2. The van der Waals surface area contributed by atoms with Gasteiger partial charge in [0.2, 0.25) is 5.95 Å². The van der Waals surface area contributed by atoms with E-state index >= 15 is 0 Å². The van der Waals surface area contributed by atoms with Crippen LogP contribution in [0.5, 0.6) is 0 Å². The van der Waals surface area contributed by atoms with Crippen LogP contribution in [-0.2, 0) is 0 Å². The van der Waals surface area contributed by atoms with E-state index in [1.165, 1.54) is 30.0 Å². The van der Waals surface area contributed by atoms with Crippen LogP contribution in [0.15, 0.2) is 97.1 Å². The summed E-state index contributed by atoms with van der Waals surface area (Å²) >= 11 is 3.73. The number of hydrogen-bond acceptors (Lipinski definition) is 7. The van der Waals surface area contributed by atoms with Crippen LogP contribution < -0.4 is 17.0 Å². The highest BCUT2D eigenvalue weighted by Gasteiger charge is 2.25. The van der Waals surface area contributed by atoms with E-state index < -0.39 is 0 Å². The number of nitrogens with two attached hydrogens (primary N) is 2. The summed E-state index contributed by atoms with van der Waals surface area (Å²) in [6, 6.07) is 23.5. The minimum absolute atomic E-state index is 0.100. The summed E-state index contributed by atoms with van der Waals surface area (Å²) in [5.74, 6) is 6.39. The van der Waals surface area contributed by atoms with Crippen LogP contribution in [0.25, 0.3) is 26.9 Å². The second-order valence-corrected chi connectivity index (χ2v) is 11.1. The first-order valence-corrected chi connectivity index (χ1v) is 12.9. The van der Waals surface area contributed by atoms with Gasteiger partial charge in [-0.2, -0.15) is 4.98 Å². The molecule has 5 nitrogen and oxygen atoms in total. The number of hydrazine groups is 1. The fourth-order valence-electron chi connectivity index (χ4n) is 3.81. The maximum absolute atomic E-state index is 5.79. The smallest absolute Gasteiger partial charge is 0.222 e. The van der Waals surface area contributed by atoms with Crippen molar-refractivity contribution in [3.63, 3.8) is 0 Å². The fraction of sp³-hybridized carbons (Fsp3) is 0. The Bertz CT molecular complexity index is 1490. The monoisotopic (exact) mass is 472 g/mol. The van der Waals surface area contributed by atoms with Gasteiger partial charge >= 0.3 is 0 Å². The number of thiophene rings is 1. The summed E-state index contributed by atoms with van der Waals surface area (Å²) < 4.78 is 0. The summed E-state index contributed by atoms with van der Waals surface area (Å²) in [5.41, 5.74) is 11.5. The van der Waals surface area contributed by atoms with Crippen molar-refractivity contribution in [1.82, 2.24) is 9.97 Å². The quantitative estimate of drug-likeness (QED) is 0.153. The molecule has 2 aromatic heterocycles. The average Bonchev–Trinajstić information content (AvgIpc) is 3.31. The van der Waals surface area contributed by atoms with Crippen LogP contribution in [0.3, 0.4) is 0 Å². The van der Waals surface area contributed by atoms with Crippen molar-refractivity contribution < 1.29 is 0 Å². The van der Waals surface area contributed by atoms with Gasteiger partial charge in [0.1, 0.15) is 5.38 Å². The SMILES string of the molecule is NNc1nc(N)nc2ccc(-c3cc[s+](-c4cccc5c4Sc4ccccc4S5)c3)cc12. The van der Waals surface area contributed by atoms with Crippen molar-refractivity contribution in [2.45, 2.75) is 19.6 Å². The molecule has 1 aliphatic heterocycles. The molecule has 0 aliphatic carbocycles. The molecule has 0 fully saturated rings. The number of hydrogen-bond donors (Lipinski definition) is 3. The highest BCUT2D eigenvalue weighted by atomic mass is 32.2. The van der Waals surface area contributed by atoms with Crippen molar-refractivity contribution in [1.29, 1.82) is 0 Å². The van der Waals surface area contributed by atoms with E-state index in [1.54, 1.807) is 0 Å². The molecule has 3 aromatic carbocycles. The molecule has 3 heterocycles. The van der Waals surface area contributed by atoms with Crippen molar-refractivity contribution in [3.8, 4) is 16.0 Å². The minimum atomic E-state index is -0.100. The molecule has 5 N–H and O–H groups in total. The molecule has 6 rings (SSSR count). The van der Waals surface area contributed by atoms with Gasteiger partial charge in [-0.3, -0.25) is 0 Å². The van der Waals surface area contributed by atoms with Crippen molar-refractivity contribution >= 4 is 56.7 Å². The van der Waals surface area contributed by atoms with E-state index in [4.69, 9.17) is 11.6 Å². The molecule has 0 spiro atoms. The molecule has 32 heavy (non-hydrogen) atoms. The van der Waals surface area contributed by atoms with E-state index in [0.717, 1.165) is 16.5 Å². The molecule has 0 saturated heterocycles. The lowest BCUT2D eigenvalue weighted by Crippen LogP contribution is -2.11. The Hall–Kier alpha value is -3.04. The van der Waals surface area contributed by atoms with Crippen LogP contribution in [0.4, 0.5) is 11.8 Å². The largest absolute Gasteiger partial charge is 0.368 e. The van der Waals surface area contributed by atoms with Gasteiger partial charge < -0.3 is 11.2 Å². The van der Waals surface area contributed by atoms with Gasteiger partial charge in [0.05, 0.1) is 10.4 Å². The Morgan fingerprint density at radius 3 is 2.47 bits per heavy atom. The number of fused-ring (bicyclic) bond motifs is 3. The molecular weight excluding hydrogens is 455 g/mol. The fourth-order valence-corrected chi connectivity index (χ4v) is 8.25. The van der Waals surface area contributed by atoms with Crippen molar-refractivity contribution in [2.75, 3.05) is 11.2 Å². The Kier molecular flexibility index (Phi) is 4.80. The summed E-state index contributed by atoms with van der Waals surface area (Å²) in [4.78, 5) is 15.2. The lowest BCUT2D eigenvalue weighted by Gasteiger charge is -2.17. The molecule has 1 atom stereocenters. The van der Waals surface area contributed by atoms with Crippen LogP contribution in [0.1, 0.15) is 0 Å². The minimum Gasteiger partial charge on any atom is -0.368 e. The highest BCUT2D eigenvalue weighted by Crippen LogP contribution is 2.53. The topological polar surface area (TPSA) is 89.8 Å². The van der Waals surface area contributed by atoms with Crippen molar-refractivity contribution in [2.24, 2.45) is 5.84 Å². The molecular formula is C24H18N5S3+. The summed E-state index contributed by atoms with van der Waals surface area (Å²) in [5, 5.41) is 5.49. The zero-order valence-corrected chi connectivity index (χ0v) is 19.2. The van der Waals surface area contributed by atoms with Crippen molar-refractivity contribution in [3.05, 3.63) is 77.5 Å². The number of rotatable bonds is 3. The van der Waals surface area contributed by atoms with E-state index in [9.17, 15) is 0 Å². The van der Waals surface area contributed by atoms with Gasteiger partial charge in [0.25, 0.3) is 0 Å². The molecule has 0 bridgehead atoms. The van der Waals surface area contributed by atoms with E-state index in [0.29, 0.717) is 5.82 Å². The second kappa shape index (κ2) is 7.83. The van der Waals surface area contributed by atoms with Crippen LogP contribution >= 0.6 is 34.0 Å². The third-order valence-corrected chi connectivity index (χ3v) is 9.84. The Morgan fingerprint density at radius 2 is 1.62 bits per heavy atom. The molecule has 1 aliphatic rings. The number of nitrogens with one attached hydrogen (secondary N) is 1. The first-order chi connectivity index (χ1) is 15.7. The van der Waals surface area contributed by atoms with Gasteiger partial charge in [0.15, 0.2) is 16.1 Å². The van der Waals surface area contributed by atoms with Gasteiger partial charge in [0, 0.05) is 42.2 Å². The Morgan fingerprint density at radius 1 is 0.812 bits per heavy atom. The molecule has 8 heteroatoms. The molecule has 0 radical (unpaired) electrons. The summed E-state index contributed by atoms with van der Waals surface area (Å²) in [6.45, 7) is 0. The second-order valence-electron chi connectivity index (χ2n) is 7.29. The Labute approximate surface area is 196 Å². The van der Waals surface area contributed by atoms with Gasteiger partial charge in [-0.1, -0.05) is 47.8 Å². The van der Waals surface area contributed by atoms with Crippen LogP contribution in [0.2, 0.25) is 0 Å². The standard InChI is InChI=1S/C24H18N5S3/c25-24-27-17-9-8-14(12-16(17)23(28-24)29-26)15-10-11-32(13-15)21-7-3-6-20-22(21)31-19-5-2-1-4-18(19)30-20/h1-13H,26H2,(H3,25,27,28,29)/q+1. The lowest BCUT2D eigenvalue weighted by atomic mass is 10.1. The number of nitrogens with zero attached hydrogens (tertiary/aromatic N) is 2. The summed E-state index contributed by atoms with van der Waals surface area (Å²) in [7, 11) is -0.100. The molecule has 0 saturated carbocycles. The lowest BCUT2D eigenvalue weighted by molar-refractivity contribution is 1.17. The molecule has 156 valence electrons. The number of aromatic nitrogens is 2. The number of anilines is 2. The number of benzene rings is 3. The van der Waals surface area contributed by atoms with E-state index in [2.05, 4.69) is 86.8 Å². The van der Waals surface area contributed by atoms with Crippen LogP contribution in [0, 0.1) is 0 Å². The summed E-state index contributed by atoms with van der Waals surface area (Å²) in [6.07, 6.45) is 0. The van der Waals surface area contributed by atoms with Gasteiger partial charge in [-0.15, -0.1) is 0 Å². The maximum Gasteiger partial charge on any atom is 0.222 e. The molecule has 1 unspecified atom stereocenters. The van der Waals surface area contributed by atoms with Gasteiger partial charge in [-0.05, 0) is 42.0 Å². The predicted molar refractivity (Wildman–Crippen MR) is 136 cm³/mol. The van der Waals surface area contributed by atoms with E-state index in [-0.39, 0.29) is 16.4 Å². The van der Waals surface area contributed by atoms with Gasteiger partial charge in [-0.25, -0.2) is 10.8 Å². The zero-order chi connectivity index (χ0) is 21.7. The normalized spacial score (nSPS) is 13.0.